The number of carbonyl (C=O) groups excluding carboxylic acids is 1. The second-order valence-corrected chi connectivity index (χ2v) is 4.62. The van der Waals surface area contributed by atoms with E-state index in [0.717, 1.165) is 18.5 Å². The molecule has 1 aromatic heterocycles. The van der Waals surface area contributed by atoms with E-state index >= 15 is 0 Å². The third kappa shape index (κ3) is 4.00. The summed E-state index contributed by atoms with van der Waals surface area (Å²) in [6, 6.07) is 3.52. The van der Waals surface area contributed by atoms with Crippen LogP contribution in [0.1, 0.15) is 55.7 Å². The summed E-state index contributed by atoms with van der Waals surface area (Å²) in [5, 5.41) is 0.343. The molecule has 0 radical (unpaired) electrons. The molecular weight excluding hydrogens is 238 g/mol. The van der Waals surface area contributed by atoms with Crippen LogP contribution in [0.3, 0.4) is 0 Å². The minimum atomic E-state index is -0.439. The van der Waals surface area contributed by atoms with Gasteiger partial charge in [-0.1, -0.05) is 38.8 Å². The first-order valence-corrected chi connectivity index (χ1v) is 6.27. The fourth-order valence-electron chi connectivity index (χ4n) is 1.30. The molecule has 1 aromatic rings. The number of pyridine rings is 1. The Hall–Kier alpha value is -1.09. The summed E-state index contributed by atoms with van der Waals surface area (Å²) in [7, 11) is 0. The summed E-state index contributed by atoms with van der Waals surface area (Å²) in [5.74, 6) is -0.180. The zero-order valence-electron chi connectivity index (χ0n) is 10.5. The van der Waals surface area contributed by atoms with Gasteiger partial charge in [-0.25, -0.2) is 9.78 Å². The van der Waals surface area contributed by atoms with Gasteiger partial charge < -0.3 is 4.74 Å². The summed E-state index contributed by atoms with van der Waals surface area (Å²) >= 11 is 5.95. The van der Waals surface area contributed by atoms with E-state index in [1.54, 1.807) is 6.07 Å². The van der Waals surface area contributed by atoms with Crippen LogP contribution in [0, 0.1) is 0 Å². The Morgan fingerprint density at radius 3 is 2.76 bits per heavy atom. The van der Waals surface area contributed by atoms with Crippen molar-refractivity contribution in [3.63, 3.8) is 0 Å². The fraction of sp³-hybridized carbons (Fsp3) is 0.538. The van der Waals surface area contributed by atoms with Crippen molar-refractivity contribution in [2.75, 3.05) is 6.61 Å². The number of unbranched alkanes of at least 4 members (excludes halogenated alkanes) is 1. The molecule has 4 heteroatoms. The quantitative estimate of drug-likeness (QED) is 0.593. The highest BCUT2D eigenvalue weighted by Crippen LogP contribution is 2.19. The van der Waals surface area contributed by atoms with Crippen molar-refractivity contribution in [2.45, 2.75) is 39.5 Å². The van der Waals surface area contributed by atoms with Crippen molar-refractivity contribution < 1.29 is 9.53 Å². The van der Waals surface area contributed by atoms with Crippen molar-refractivity contribution in [3.05, 3.63) is 28.5 Å². The Balaban J connectivity index is 2.81. The minimum Gasteiger partial charge on any atom is -0.461 e. The number of esters is 1. The van der Waals surface area contributed by atoms with Gasteiger partial charge in [-0.05, 0) is 24.5 Å². The Morgan fingerprint density at radius 2 is 2.18 bits per heavy atom. The van der Waals surface area contributed by atoms with Crippen molar-refractivity contribution in [2.24, 2.45) is 0 Å². The van der Waals surface area contributed by atoms with Gasteiger partial charge in [0.2, 0.25) is 0 Å². The normalized spacial score (nSPS) is 10.6. The van der Waals surface area contributed by atoms with E-state index in [2.05, 4.69) is 4.98 Å². The van der Waals surface area contributed by atoms with Crippen LogP contribution < -0.4 is 0 Å². The standard InChI is InChI=1S/C13H18ClNO2/c1-4-5-8-17-13(16)12-10(14)6-7-11(15-12)9(2)3/h6-7,9H,4-5,8H2,1-3H3. The Labute approximate surface area is 107 Å². The predicted octanol–water partition coefficient (Wildman–Crippen LogP) is 3.82. The van der Waals surface area contributed by atoms with Crippen LogP contribution in [0.15, 0.2) is 12.1 Å². The van der Waals surface area contributed by atoms with Crippen LogP contribution in [0.5, 0.6) is 0 Å². The van der Waals surface area contributed by atoms with Gasteiger partial charge in [0.05, 0.1) is 11.6 Å². The van der Waals surface area contributed by atoms with Crippen LogP contribution in [0.25, 0.3) is 0 Å². The molecule has 0 spiro atoms. The van der Waals surface area contributed by atoms with Crippen LogP contribution in [0.2, 0.25) is 5.02 Å². The smallest absolute Gasteiger partial charge is 0.358 e. The zero-order valence-corrected chi connectivity index (χ0v) is 11.3. The number of carbonyl (C=O) groups is 1. The van der Waals surface area contributed by atoms with Gasteiger partial charge >= 0.3 is 5.97 Å². The summed E-state index contributed by atoms with van der Waals surface area (Å²) < 4.78 is 5.10. The third-order valence-corrected chi connectivity index (χ3v) is 2.69. The highest BCUT2D eigenvalue weighted by molar-refractivity contribution is 6.33. The van der Waals surface area contributed by atoms with Crippen molar-refractivity contribution >= 4 is 17.6 Å². The van der Waals surface area contributed by atoms with Gasteiger partial charge in [-0.3, -0.25) is 0 Å². The monoisotopic (exact) mass is 255 g/mol. The summed E-state index contributed by atoms with van der Waals surface area (Å²) in [5.41, 5.74) is 1.06. The van der Waals surface area contributed by atoms with E-state index in [0.29, 0.717) is 11.6 Å². The molecule has 0 unspecified atom stereocenters. The molecule has 0 atom stereocenters. The van der Waals surface area contributed by atoms with Crippen LogP contribution in [0.4, 0.5) is 0 Å². The van der Waals surface area contributed by atoms with Gasteiger partial charge in [0.25, 0.3) is 0 Å². The molecule has 0 aliphatic rings. The van der Waals surface area contributed by atoms with Crippen molar-refractivity contribution in [1.82, 2.24) is 4.98 Å². The van der Waals surface area contributed by atoms with Crippen LogP contribution in [-0.2, 0) is 4.74 Å². The molecule has 17 heavy (non-hydrogen) atoms. The minimum absolute atomic E-state index is 0.217. The molecule has 0 bridgehead atoms. The maximum atomic E-state index is 11.7. The van der Waals surface area contributed by atoms with Crippen molar-refractivity contribution in [3.8, 4) is 0 Å². The molecule has 1 heterocycles. The number of nitrogens with zero attached hydrogens (tertiary/aromatic N) is 1. The largest absolute Gasteiger partial charge is 0.461 e. The van der Waals surface area contributed by atoms with Gasteiger partial charge in [0.15, 0.2) is 5.69 Å². The van der Waals surface area contributed by atoms with Gasteiger partial charge in [0, 0.05) is 5.69 Å². The second kappa shape index (κ2) is 6.60. The molecule has 3 nitrogen and oxygen atoms in total. The van der Waals surface area contributed by atoms with Crippen molar-refractivity contribution in [1.29, 1.82) is 0 Å². The average Bonchev–Trinajstić information content (AvgIpc) is 2.29. The first-order valence-electron chi connectivity index (χ1n) is 5.89. The van der Waals surface area contributed by atoms with E-state index in [4.69, 9.17) is 16.3 Å². The molecule has 0 saturated heterocycles. The molecule has 1 rings (SSSR count). The molecule has 94 valence electrons. The maximum Gasteiger partial charge on any atom is 0.358 e. The lowest BCUT2D eigenvalue weighted by Crippen LogP contribution is -2.10. The lowest BCUT2D eigenvalue weighted by atomic mass is 10.1. The van der Waals surface area contributed by atoms with Crippen LogP contribution in [-0.4, -0.2) is 17.6 Å². The highest BCUT2D eigenvalue weighted by Gasteiger charge is 2.15. The molecule has 0 aliphatic heterocycles. The molecule has 0 amide bonds. The van der Waals surface area contributed by atoms with E-state index in [-0.39, 0.29) is 11.6 Å². The average molecular weight is 256 g/mol. The summed E-state index contributed by atoms with van der Waals surface area (Å²) in [6.45, 7) is 6.49. The molecule has 0 aromatic carbocycles. The molecule has 0 aliphatic carbocycles. The van der Waals surface area contributed by atoms with E-state index < -0.39 is 5.97 Å². The highest BCUT2D eigenvalue weighted by atomic mass is 35.5. The topological polar surface area (TPSA) is 39.2 Å². The van der Waals surface area contributed by atoms with Gasteiger partial charge in [0.1, 0.15) is 0 Å². The Bertz CT molecular complexity index is 391. The van der Waals surface area contributed by atoms with Gasteiger partial charge in [-0.15, -0.1) is 0 Å². The predicted molar refractivity (Wildman–Crippen MR) is 68.5 cm³/mol. The van der Waals surface area contributed by atoms with E-state index in [9.17, 15) is 4.79 Å². The lowest BCUT2D eigenvalue weighted by Gasteiger charge is -2.08. The van der Waals surface area contributed by atoms with E-state index in [1.165, 1.54) is 0 Å². The SMILES string of the molecule is CCCCOC(=O)c1nc(C(C)C)ccc1Cl. The third-order valence-electron chi connectivity index (χ3n) is 2.38. The van der Waals surface area contributed by atoms with Crippen LogP contribution >= 0.6 is 11.6 Å². The molecule has 0 fully saturated rings. The molecule has 0 saturated carbocycles. The second-order valence-electron chi connectivity index (χ2n) is 4.21. The van der Waals surface area contributed by atoms with E-state index in [1.807, 2.05) is 26.8 Å². The lowest BCUT2D eigenvalue weighted by molar-refractivity contribution is 0.0492. The summed E-state index contributed by atoms with van der Waals surface area (Å²) in [6.07, 6.45) is 1.84. The fourth-order valence-corrected chi connectivity index (χ4v) is 1.48. The Kier molecular flexibility index (Phi) is 5.42. The number of ether oxygens (including phenoxy) is 1. The number of aromatic nitrogens is 1. The first kappa shape index (κ1) is 14.0. The molecule has 0 N–H and O–H groups in total. The zero-order chi connectivity index (χ0) is 12.8. The molecular formula is C13H18ClNO2. The number of halogens is 1. The Morgan fingerprint density at radius 1 is 1.47 bits per heavy atom. The number of hydrogen-bond donors (Lipinski definition) is 0. The number of hydrogen-bond acceptors (Lipinski definition) is 3. The maximum absolute atomic E-state index is 11.7. The number of rotatable bonds is 5. The summed E-state index contributed by atoms with van der Waals surface area (Å²) in [4.78, 5) is 16.0. The first-order chi connectivity index (χ1) is 8.06. The van der Waals surface area contributed by atoms with Gasteiger partial charge in [-0.2, -0.15) is 0 Å².